The summed E-state index contributed by atoms with van der Waals surface area (Å²) in [7, 11) is 0. The van der Waals surface area contributed by atoms with Crippen LogP contribution in [0.5, 0.6) is 23.0 Å². The van der Waals surface area contributed by atoms with Crippen LogP contribution < -0.4 is 19.3 Å². The highest BCUT2D eigenvalue weighted by atomic mass is 16.5. The van der Waals surface area contributed by atoms with E-state index in [0.717, 1.165) is 90.5 Å². The van der Waals surface area contributed by atoms with Gasteiger partial charge in [0.2, 0.25) is 0 Å². The molecule has 0 N–H and O–H groups in total. The molecular weight excluding hydrogens is 679 g/mol. The molecule has 7 heteroatoms. The molecule has 0 saturated carbocycles. The molecule has 0 amide bonds. The third-order valence-electron chi connectivity index (χ3n) is 10.2. The summed E-state index contributed by atoms with van der Waals surface area (Å²) in [4.78, 5) is 9.72. The number of fused-ring (bicyclic) bond motifs is 5. The quantitative estimate of drug-likeness (QED) is 0.177. The lowest BCUT2D eigenvalue weighted by Crippen LogP contribution is -2.15. The Morgan fingerprint density at radius 2 is 0.782 bits per heavy atom. The van der Waals surface area contributed by atoms with Crippen molar-refractivity contribution in [1.82, 2.24) is 14.8 Å². The SMILES string of the molecule is c1ccc2c(c1)Oc1ccccc1N2c1ccc(-c2nc(-c3ccc(N4c5ccccc5Oc5ccccc54)cc3)n(-c3cccc4ccccc34)n2)cc1. The van der Waals surface area contributed by atoms with Gasteiger partial charge in [-0.1, -0.05) is 84.9 Å². The Kier molecular flexibility index (Phi) is 7.03. The van der Waals surface area contributed by atoms with E-state index in [1.54, 1.807) is 0 Å². The Labute approximate surface area is 317 Å². The molecule has 0 spiro atoms. The summed E-state index contributed by atoms with van der Waals surface area (Å²) in [6, 6.07) is 64.2. The van der Waals surface area contributed by atoms with Gasteiger partial charge in [0.25, 0.3) is 0 Å². The summed E-state index contributed by atoms with van der Waals surface area (Å²) in [6.07, 6.45) is 0. The Hall–Kier alpha value is -7.64. The highest BCUT2D eigenvalue weighted by molar-refractivity contribution is 5.91. The van der Waals surface area contributed by atoms with Crippen molar-refractivity contribution in [3.05, 3.63) is 188 Å². The molecule has 0 atom stereocenters. The van der Waals surface area contributed by atoms with E-state index in [9.17, 15) is 0 Å². The normalized spacial score (nSPS) is 12.6. The van der Waals surface area contributed by atoms with Crippen LogP contribution in [0.15, 0.2) is 188 Å². The Morgan fingerprint density at radius 3 is 1.31 bits per heavy atom. The van der Waals surface area contributed by atoms with E-state index in [0.29, 0.717) is 5.82 Å². The van der Waals surface area contributed by atoms with E-state index in [1.807, 2.05) is 77.5 Å². The molecule has 7 nitrogen and oxygen atoms in total. The number of anilines is 6. The standard InChI is InChI=1S/C48H31N5O2/c1-2-14-37-32(12-1)13-11-19-38(37)53-48(34-26-30-36(31-27-34)52-41-17-5-9-22-45(41)55-46-23-10-6-18-42(46)52)49-47(50-53)33-24-28-35(29-25-33)51-39-15-3-7-20-43(39)54-44-21-8-4-16-40(44)51/h1-31H. The van der Waals surface area contributed by atoms with E-state index in [-0.39, 0.29) is 0 Å². The van der Waals surface area contributed by atoms with Gasteiger partial charge in [0.1, 0.15) is 0 Å². The molecule has 0 saturated heterocycles. The van der Waals surface area contributed by atoms with Gasteiger partial charge in [0.15, 0.2) is 34.6 Å². The molecule has 0 bridgehead atoms. The van der Waals surface area contributed by atoms with Gasteiger partial charge in [0.05, 0.1) is 28.4 Å². The van der Waals surface area contributed by atoms with Crippen molar-refractivity contribution in [2.45, 2.75) is 0 Å². The number of nitrogens with zero attached hydrogens (tertiary/aromatic N) is 5. The summed E-state index contributed by atoms with van der Waals surface area (Å²) >= 11 is 0. The van der Waals surface area contributed by atoms with E-state index < -0.39 is 0 Å². The van der Waals surface area contributed by atoms with E-state index in [4.69, 9.17) is 19.6 Å². The minimum absolute atomic E-state index is 0.636. The Bertz CT molecular complexity index is 2800. The minimum atomic E-state index is 0.636. The first-order valence-corrected chi connectivity index (χ1v) is 18.2. The number of benzene rings is 8. The topological polar surface area (TPSA) is 55.6 Å². The second-order valence-electron chi connectivity index (χ2n) is 13.5. The van der Waals surface area contributed by atoms with Crippen LogP contribution in [0, 0.1) is 0 Å². The third-order valence-corrected chi connectivity index (χ3v) is 10.2. The fraction of sp³-hybridized carbons (Fsp3) is 0. The zero-order chi connectivity index (χ0) is 36.3. The van der Waals surface area contributed by atoms with Crippen molar-refractivity contribution in [3.63, 3.8) is 0 Å². The van der Waals surface area contributed by atoms with Crippen molar-refractivity contribution in [1.29, 1.82) is 0 Å². The highest BCUT2D eigenvalue weighted by Crippen LogP contribution is 2.51. The third kappa shape index (κ3) is 5.13. The molecule has 0 fully saturated rings. The maximum absolute atomic E-state index is 6.27. The van der Waals surface area contributed by atoms with Crippen LogP contribution in [0.2, 0.25) is 0 Å². The zero-order valence-corrected chi connectivity index (χ0v) is 29.5. The number of ether oxygens (including phenoxy) is 2. The van der Waals surface area contributed by atoms with Crippen molar-refractivity contribution in [2.75, 3.05) is 9.80 Å². The van der Waals surface area contributed by atoms with Crippen molar-refractivity contribution in [3.8, 4) is 51.5 Å². The van der Waals surface area contributed by atoms with Crippen LogP contribution in [-0.2, 0) is 0 Å². The molecule has 8 aromatic carbocycles. The lowest BCUT2D eigenvalue weighted by Gasteiger charge is -2.32. The van der Waals surface area contributed by atoms with Crippen LogP contribution in [0.1, 0.15) is 0 Å². The molecular formula is C48H31N5O2. The lowest BCUT2D eigenvalue weighted by atomic mass is 10.1. The second-order valence-corrected chi connectivity index (χ2v) is 13.5. The zero-order valence-electron chi connectivity index (χ0n) is 29.5. The summed E-state index contributed by atoms with van der Waals surface area (Å²) in [5.41, 5.74) is 8.81. The lowest BCUT2D eigenvalue weighted by molar-refractivity contribution is 0.477. The van der Waals surface area contributed by atoms with Crippen molar-refractivity contribution >= 4 is 44.9 Å². The molecule has 260 valence electrons. The molecule has 0 aliphatic carbocycles. The largest absolute Gasteiger partial charge is 0.453 e. The summed E-state index contributed by atoms with van der Waals surface area (Å²) in [6.45, 7) is 0. The monoisotopic (exact) mass is 709 g/mol. The Morgan fingerprint density at radius 1 is 0.364 bits per heavy atom. The second kappa shape index (κ2) is 12.5. The number of rotatable bonds is 5. The maximum atomic E-state index is 6.27. The van der Waals surface area contributed by atoms with E-state index >= 15 is 0 Å². The van der Waals surface area contributed by atoms with Gasteiger partial charge in [-0.25, -0.2) is 9.67 Å². The Balaban J connectivity index is 1.01. The molecule has 0 unspecified atom stereocenters. The van der Waals surface area contributed by atoms with Gasteiger partial charge < -0.3 is 19.3 Å². The van der Waals surface area contributed by atoms with E-state index in [1.165, 1.54) is 0 Å². The minimum Gasteiger partial charge on any atom is -0.453 e. The number of aromatic nitrogens is 3. The van der Waals surface area contributed by atoms with Crippen LogP contribution in [-0.4, -0.2) is 14.8 Å². The first-order chi connectivity index (χ1) is 27.3. The molecule has 9 aromatic rings. The van der Waals surface area contributed by atoms with Gasteiger partial charge >= 0.3 is 0 Å². The molecule has 1 aromatic heterocycles. The van der Waals surface area contributed by atoms with Crippen molar-refractivity contribution in [2.24, 2.45) is 0 Å². The maximum Gasteiger partial charge on any atom is 0.182 e. The van der Waals surface area contributed by atoms with Crippen LogP contribution >= 0.6 is 0 Å². The fourth-order valence-electron chi connectivity index (χ4n) is 7.67. The van der Waals surface area contributed by atoms with E-state index in [2.05, 4.69) is 125 Å². The number of para-hydroxylation sites is 8. The number of hydrogen-bond acceptors (Lipinski definition) is 6. The number of hydrogen-bond donors (Lipinski definition) is 0. The van der Waals surface area contributed by atoms with Crippen LogP contribution in [0.25, 0.3) is 39.2 Å². The van der Waals surface area contributed by atoms with Gasteiger partial charge in [-0.2, -0.15) is 0 Å². The summed E-state index contributed by atoms with van der Waals surface area (Å²) in [5.74, 6) is 4.66. The van der Waals surface area contributed by atoms with Crippen LogP contribution in [0.3, 0.4) is 0 Å². The van der Waals surface area contributed by atoms with Crippen molar-refractivity contribution < 1.29 is 9.47 Å². The molecule has 11 rings (SSSR count). The smallest absolute Gasteiger partial charge is 0.182 e. The molecule has 2 aliphatic heterocycles. The molecule has 55 heavy (non-hydrogen) atoms. The highest BCUT2D eigenvalue weighted by Gasteiger charge is 2.27. The molecule has 0 radical (unpaired) electrons. The molecule has 3 heterocycles. The van der Waals surface area contributed by atoms with Gasteiger partial charge in [-0.3, -0.25) is 0 Å². The predicted molar refractivity (Wildman–Crippen MR) is 219 cm³/mol. The fourth-order valence-corrected chi connectivity index (χ4v) is 7.67. The average molecular weight is 710 g/mol. The van der Waals surface area contributed by atoms with Crippen LogP contribution in [0.4, 0.5) is 34.1 Å². The first-order valence-electron chi connectivity index (χ1n) is 18.2. The van der Waals surface area contributed by atoms with Gasteiger partial charge in [-0.05, 0) is 109 Å². The summed E-state index contributed by atoms with van der Waals surface area (Å²) in [5, 5.41) is 7.44. The van der Waals surface area contributed by atoms with Gasteiger partial charge in [0, 0.05) is 27.9 Å². The first kappa shape index (κ1) is 30.9. The average Bonchev–Trinajstić information content (AvgIpc) is 3.70. The predicted octanol–water partition coefficient (Wildman–Crippen LogP) is 12.9. The summed E-state index contributed by atoms with van der Waals surface area (Å²) < 4.78 is 14.5. The molecule has 2 aliphatic rings. The van der Waals surface area contributed by atoms with Gasteiger partial charge in [-0.15, -0.1) is 5.10 Å².